The molecule has 2 rings (SSSR count). The van der Waals surface area contributed by atoms with Gasteiger partial charge >= 0.3 is 6.61 Å². The van der Waals surface area contributed by atoms with E-state index in [0.717, 1.165) is 0 Å². The van der Waals surface area contributed by atoms with E-state index in [0.29, 0.717) is 5.56 Å². The first-order valence-corrected chi connectivity index (χ1v) is 5.52. The van der Waals surface area contributed by atoms with Gasteiger partial charge in [-0.15, -0.1) is 21.8 Å². The summed E-state index contributed by atoms with van der Waals surface area (Å²) in [6, 6.07) is 6.01. The zero-order chi connectivity index (χ0) is 13.1. The number of alkyl halides is 3. The zero-order valence-electron chi connectivity index (χ0n) is 9.31. The summed E-state index contributed by atoms with van der Waals surface area (Å²) in [5.41, 5.74) is 0.490. The van der Waals surface area contributed by atoms with Crippen molar-refractivity contribution < 1.29 is 17.9 Å². The van der Waals surface area contributed by atoms with Gasteiger partial charge in [-0.2, -0.15) is 8.78 Å². The summed E-state index contributed by atoms with van der Waals surface area (Å²) in [7, 11) is 0. The van der Waals surface area contributed by atoms with Gasteiger partial charge in [0.05, 0.1) is 0 Å². The molecule has 0 spiro atoms. The van der Waals surface area contributed by atoms with Gasteiger partial charge in [-0.3, -0.25) is 0 Å². The standard InChI is InChI=1S/C11H9ClF2N2O2/c1-6(12)9-15-16-10(18-9)7-3-2-4-8(5-7)17-11(13)14/h2-6,11H,1H3. The molecule has 0 aliphatic heterocycles. The molecule has 0 radical (unpaired) electrons. The molecule has 0 fully saturated rings. The van der Waals surface area contributed by atoms with Crippen molar-refractivity contribution in [1.29, 1.82) is 0 Å². The third kappa shape index (κ3) is 2.95. The highest BCUT2D eigenvalue weighted by Crippen LogP contribution is 2.26. The summed E-state index contributed by atoms with van der Waals surface area (Å²) in [6.45, 7) is -1.18. The van der Waals surface area contributed by atoms with Gasteiger partial charge in [0.25, 0.3) is 0 Å². The van der Waals surface area contributed by atoms with Crippen molar-refractivity contribution in [2.24, 2.45) is 0 Å². The summed E-state index contributed by atoms with van der Waals surface area (Å²) in [5, 5.41) is 7.12. The monoisotopic (exact) mass is 274 g/mol. The van der Waals surface area contributed by atoms with Gasteiger partial charge in [0.2, 0.25) is 11.8 Å². The maximum Gasteiger partial charge on any atom is 0.387 e. The van der Waals surface area contributed by atoms with Crippen LogP contribution in [-0.2, 0) is 0 Å². The average Bonchev–Trinajstić information content (AvgIpc) is 2.77. The van der Waals surface area contributed by atoms with Crippen molar-refractivity contribution in [3.8, 4) is 17.2 Å². The van der Waals surface area contributed by atoms with E-state index in [1.54, 1.807) is 19.1 Å². The second kappa shape index (κ2) is 5.30. The number of ether oxygens (including phenoxy) is 1. The van der Waals surface area contributed by atoms with Crippen molar-refractivity contribution in [2.75, 3.05) is 0 Å². The molecule has 1 unspecified atom stereocenters. The van der Waals surface area contributed by atoms with Crippen LogP contribution in [0.3, 0.4) is 0 Å². The van der Waals surface area contributed by atoms with E-state index in [1.165, 1.54) is 12.1 Å². The molecule has 0 N–H and O–H groups in total. The Morgan fingerprint density at radius 3 is 2.72 bits per heavy atom. The molecule has 0 aliphatic rings. The summed E-state index contributed by atoms with van der Waals surface area (Å²) in [5.74, 6) is 0.505. The fraction of sp³-hybridized carbons (Fsp3) is 0.273. The Bertz CT molecular complexity index is 531. The van der Waals surface area contributed by atoms with Crippen LogP contribution in [0.5, 0.6) is 5.75 Å². The Labute approximate surface area is 107 Å². The number of hydrogen-bond acceptors (Lipinski definition) is 4. The molecule has 2 aromatic rings. The van der Waals surface area contributed by atoms with Crippen LogP contribution in [0.25, 0.3) is 11.5 Å². The number of aromatic nitrogens is 2. The molecule has 1 heterocycles. The van der Waals surface area contributed by atoms with Gasteiger partial charge in [0.1, 0.15) is 11.1 Å². The lowest BCUT2D eigenvalue weighted by molar-refractivity contribution is -0.0498. The third-order valence-electron chi connectivity index (χ3n) is 2.09. The molecular formula is C11H9ClF2N2O2. The third-order valence-corrected chi connectivity index (χ3v) is 2.27. The number of benzene rings is 1. The highest BCUT2D eigenvalue weighted by atomic mass is 35.5. The number of rotatable bonds is 4. The predicted molar refractivity (Wildman–Crippen MR) is 60.6 cm³/mol. The van der Waals surface area contributed by atoms with Crippen LogP contribution >= 0.6 is 11.6 Å². The van der Waals surface area contributed by atoms with Crippen LogP contribution in [0.15, 0.2) is 28.7 Å². The van der Waals surface area contributed by atoms with E-state index < -0.39 is 12.0 Å². The largest absolute Gasteiger partial charge is 0.435 e. The number of halogens is 3. The molecule has 96 valence electrons. The highest BCUT2D eigenvalue weighted by Gasteiger charge is 2.13. The molecule has 0 amide bonds. The first-order valence-electron chi connectivity index (χ1n) is 5.09. The van der Waals surface area contributed by atoms with E-state index in [9.17, 15) is 8.78 Å². The van der Waals surface area contributed by atoms with Crippen molar-refractivity contribution >= 4 is 11.6 Å². The Morgan fingerprint density at radius 1 is 1.33 bits per heavy atom. The maximum atomic E-state index is 12.1. The molecule has 0 aliphatic carbocycles. The Kier molecular flexibility index (Phi) is 3.76. The second-order valence-corrected chi connectivity index (χ2v) is 4.12. The lowest BCUT2D eigenvalue weighted by atomic mass is 10.2. The molecule has 1 atom stereocenters. The van der Waals surface area contributed by atoms with Crippen LogP contribution in [0.1, 0.15) is 18.2 Å². The van der Waals surface area contributed by atoms with E-state index in [-0.39, 0.29) is 17.5 Å². The van der Waals surface area contributed by atoms with Crippen LogP contribution < -0.4 is 4.74 Å². The molecule has 18 heavy (non-hydrogen) atoms. The minimum absolute atomic E-state index is 0.0289. The van der Waals surface area contributed by atoms with E-state index in [4.69, 9.17) is 16.0 Å². The minimum atomic E-state index is -2.87. The topological polar surface area (TPSA) is 48.2 Å². The first kappa shape index (κ1) is 12.8. The second-order valence-electron chi connectivity index (χ2n) is 3.47. The van der Waals surface area contributed by atoms with Crippen molar-refractivity contribution in [3.05, 3.63) is 30.2 Å². The maximum absolute atomic E-state index is 12.1. The quantitative estimate of drug-likeness (QED) is 0.799. The lowest BCUT2D eigenvalue weighted by Gasteiger charge is -2.04. The zero-order valence-corrected chi connectivity index (χ0v) is 10.1. The number of nitrogens with zero attached hydrogens (tertiary/aromatic N) is 2. The minimum Gasteiger partial charge on any atom is -0.435 e. The van der Waals surface area contributed by atoms with E-state index in [1.807, 2.05) is 0 Å². The summed E-state index contributed by atoms with van der Waals surface area (Å²) >= 11 is 5.78. The summed E-state index contributed by atoms with van der Waals surface area (Å²) in [4.78, 5) is 0. The predicted octanol–water partition coefficient (Wildman–Crippen LogP) is 3.64. The normalized spacial score (nSPS) is 12.7. The fourth-order valence-electron chi connectivity index (χ4n) is 1.32. The van der Waals surface area contributed by atoms with Crippen LogP contribution in [0, 0.1) is 0 Å². The van der Waals surface area contributed by atoms with Gasteiger partial charge in [0, 0.05) is 5.56 Å². The smallest absolute Gasteiger partial charge is 0.387 e. The van der Waals surface area contributed by atoms with Crippen LogP contribution in [0.2, 0.25) is 0 Å². The molecule has 0 saturated heterocycles. The van der Waals surface area contributed by atoms with Gasteiger partial charge in [0.15, 0.2) is 0 Å². The van der Waals surface area contributed by atoms with E-state index >= 15 is 0 Å². The van der Waals surface area contributed by atoms with Gasteiger partial charge in [-0.25, -0.2) is 0 Å². The molecular weight excluding hydrogens is 266 g/mol. The Morgan fingerprint density at radius 2 is 2.11 bits per heavy atom. The van der Waals surface area contributed by atoms with Gasteiger partial charge in [-0.05, 0) is 25.1 Å². The fourth-order valence-corrected chi connectivity index (χ4v) is 1.41. The number of hydrogen-bond donors (Lipinski definition) is 0. The highest BCUT2D eigenvalue weighted by molar-refractivity contribution is 6.20. The lowest BCUT2D eigenvalue weighted by Crippen LogP contribution is -2.01. The van der Waals surface area contributed by atoms with Crippen molar-refractivity contribution in [2.45, 2.75) is 18.9 Å². The molecule has 1 aromatic heterocycles. The van der Waals surface area contributed by atoms with Crippen molar-refractivity contribution in [1.82, 2.24) is 10.2 Å². The SMILES string of the molecule is CC(Cl)c1nnc(-c2cccc(OC(F)F)c2)o1. The van der Waals surface area contributed by atoms with Crippen LogP contribution in [-0.4, -0.2) is 16.8 Å². The molecule has 0 bridgehead atoms. The average molecular weight is 275 g/mol. The molecule has 1 aromatic carbocycles. The van der Waals surface area contributed by atoms with E-state index in [2.05, 4.69) is 14.9 Å². The summed E-state index contributed by atoms with van der Waals surface area (Å²) in [6.07, 6.45) is 0. The Hall–Kier alpha value is -1.69. The molecule has 0 saturated carbocycles. The molecule has 4 nitrogen and oxygen atoms in total. The van der Waals surface area contributed by atoms with Gasteiger partial charge in [-0.1, -0.05) is 6.07 Å². The van der Waals surface area contributed by atoms with Crippen LogP contribution in [0.4, 0.5) is 8.78 Å². The Balaban J connectivity index is 2.26. The van der Waals surface area contributed by atoms with Crippen molar-refractivity contribution in [3.63, 3.8) is 0 Å². The molecule has 7 heteroatoms. The van der Waals surface area contributed by atoms with Gasteiger partial charge < -0.3 is 9.15 Å². The first-order chi connectivity index (χ1) is 8.56. The summed E-state index contributed by atoms with van der Waals surface area (Å²) < 4.78 is 33.7.